The lowest BCUT2D eigenvalue weighted by molar-refractivity contribution is -0.161. The summed E-state index contributed by atoms with van der Waals surface area (Å²) < 4.78 is 67.8. The summed E-state index contributed by atoms with van der Waals surface area (Å²) in [5.74, 6) is 0.729. The predicted molar refractivity (Wildman–Crippen MR) is 317 cm³/mol. The number of hydrogen-bond acceptors (Lipinski definition) is 15. The molecule has 0 saturated carbocycles. The molecule has 0 radical (unpaired) electrons. The van der Waals surface area contributed by atoms with Crippen molar-refractivity contribution in [3.63, 3.8) is 0 Å². The van der Waals surface area contributed by atoms with E-state index in [9.17, 15) is 43.2 Å². The van der Waals surface area contributed by atoms with E-state index >= 15 is 0 Å². The standard InChI is InChI=1S/C61H118O17P2/c1-9-52(6)38-30-22-15-18-25-33-41-58(63)71-47-56(77-60(65)43-35-27-14-12-13-21-29-37-51(4)5)49-75-79(67,68)73-45-55(62)46-74-80(69,70)76-50-57(78-61(66)44-36-28-20-17-24-32-40-54(8)11-3)48-72-59(64)42-34-26-19-16-23-31-39-53(7)10-2/h51-57,62H,9-50H2,1-8H3,(H,67,68)(H,69,70)/t52?,53?,54?,55-,56+,57+/m0/s1. The van der Waals surface area contributed by atoms with Crippen LogP contribution in [0.4, 0.5) is 0 Å². The van der Waals surface area contributed by atoms with Gasteiger partial charge >= 0.3 is 39.5 Å². The average molecular weight is 1190 g/mol. The number of rotatable bonds is 58. The fourth-order valence-electron chi connectivity index (χ4n) is 8.80. The van der Waals surface area contributed by atoms with Gasteiger partial charge in [-0.1, -0.05) is 235 Å². The Kier molecular flexibility index (Phi) is 50.2. The number of phosphoric acid groups is 2. The van der Waals surface area contributed by atoms with E-state index in [2.05, 4.69) is 55.4 Å². The molecule has 0 aliphatic heterocycles. The monoisotopic (exact) mass is 1180 g/mol. The van der Waals surface area contributed by atoms with Crippen LogP contribution in [-0.2, 0) is 65.4 Å². The minimum Gasteiger partial charge on any atom is -0.462 e. The van der Waals surface area contributed by atoms with Gasteiger partial charge in [0.25, 0.3) is 0 Å². The summed E-state index contributed by atoms with van der Waals surface area (Å²) in [7, 11) is -9.88. The number of phosphoric ester groups is 2. The first-order valence-corrected chi connectivity index (χ1v) is 34.8. The van der Waals surface area contributed by atoms with Gasteiger partial charge < -0.3 is 33.8 Å². The van der Waals surface area contributed by atoms with E-state index in [1.165, 1.54) is 77.0 Å². The third kappa shape index (κ3) is 51.7. The Labute approximate surface area is 486 Å². The number of aliphatic hydroxyl groups is 1. The summed E-state index contributed by atoms with van der Waals surface area (Å²) in [6.45, 7) is 13.9. The second kappa shape index (κ2) is 51.5. The second-order valence-corrected chi connectivity index (χ2v) is 26.2. The van der Waals surface area contributed by atoms with Crippen molar-refractivity contribution in [2.75, 3.05) is 39.6 Å². The second-order valence-electron chi connectivity index (χ2n) is 23.3. The van der Waals surface area contributed by atoms with Gasteiger partial charge in [0.05, 0.1) is 26.4 Å². The van der Waals surface area contributed by atoms with Crippen molar-refractivity contribution in [3.8, 4) is 0 Å². The highest BCUT2D eigenvalue weighted by Gasteiger charge is 2.30. The fourth-order valence-corrected chi connectivity index (χ4v) is 10.4. The van der Waals surface area contributed by atoms with Gasteiger partial charge in [0.2, 0.25) is 0 Å². The lowest BCUT2D eigenvalue weighted by Gasteiger charge is -2.21. The maximum atomic E-state index is 12.9. The smallest absolute Gasteiger partial charge is 0.462 e. The Morgan fingerprint density at radius 3 is 0.887 bits per heavy atom. The first-order valence-electron chi connectivity index (χ1n) is 31.8. The number of ether oxygens (including phenoxy) is 4. The lowest BCUT2D eigenvalue weighted by Crippen LogP contribution is -2.30. The summed E-state index contributed by atoms with van der Waals surface area (Å²) in [6, 6.07) is 0. The van der Waals surface area contributed by atoms with Crippen LogP contribution in [0.25, 0.3) is 0 Å². The molecule has 5 unspecified atom stereocenters. The summed E-state index contributed by atoms with van der Waals surface area (Å²) >= 11 is 0. The molecular formula is C61H118O17P2. The molecule has 17 nitrogen and oxygen atoms in total. The van der Waals surface area contributed by atoms with E-state index in [1.54, 1.807) is 0 Å². The molecule has 80 heavy (non-hydrogen) atoms. The van der Waals surface area contributed by atoms with Crippen molar-refractivity contribution in [1.82, 2.24) is 0 Å². The molecule has 0 aliphatic carbocycles. The zero-order valence-electron chi connectivity index (χ0n) is 51.7. The zero-order chi connectivity index (χ0) is 59.7. The Bertz CT molecular complexity index is 1620. The number of carbonyl (C=O) groups is 4. The van der Waals surface area contributed by atoms with Gasteiger partial charge in [0.15, 0.2) is 12.2 Å². The van der Waals surface area contributed by atoms with Crippen LogP contribution < -0.4 is 0 Å². The van der Waals surface area contributed by atoms with Gasteiger partial charge in [-0.3, -0.25) is 37.3 Å². The van der Waals surface area contributed by atoms with Crippen molar-refractivity contribution in [1.29, 1.82) is 0 Å². The maximum absolute atomic E-state index is 12.9. The molecule has 0 amide bonds. The minimum atomic E-state index is -4.94. The van der Waals surface area contributed by atoms with Crippen molar-refractivity contribution in [2.45, 2.75) is 305 Å². The number of esters is 4. The van der Waals surface area contributed by atoms with E-state index in [-0.39, 0.29) is 25.7 Å². The highest BCUT2D eigenvalue weighted by atomic mass is 31.2. The molecule has 0 spiro atoms. The highest BCUT2D eigenvalue weighted by molar-refractivity contribution is 7.47. The van der Waals surface area contributed by atoms with E-state index < -0.39 is 97.5 Å². The summed E-state index contributed by atoms with van der Waals surface area (Å²) in [5.41, 5.74) is 0. The quantitative estimate of drug-likeness (QED) is 0.0222. The Morgan fingerprint density at radius 2 is 0.600 bits per heavy atom. The van der Waals surface area contributed by atoms with Crippen LogP contribution in [0.3, 0.4) is 0 Å². The molecule has 0 aromatic carbocycles. The molecule has 8 atom stereocenters. The molecule has 0 fully saturated rings. The topological polar surface area (TPSA) is 237 Å². The summed E-state index contributed by atoms with van der Waals surface area (Å²) in [5, 5.41) is 10.5. The number of carbonyl (C=O) groups excluding carboxylic acids is 4. The molecule has 19 heteroatoms. The molecule has 0 aromatic heterocycles. The van der Waals surface area contributed by atoms with E-state index in [1.807, 2.05) is 0 Å². The van der Waals surface area contributed by atoms with Gasteiger partial charge in [0.1, 0.15) is 19.3 Å². The first kappa shape index (κ1) is 78.1. The zero-order valence-corrected chi connectivity index (χ0v) is 53.5. The summed E-state index contributed by atoms with van der Waals surface area (Å²) in [6.07, 6.45) is 29.5. The summed E-state index contributed by atoms with van der Waals surface area (Å²) in [4.78, 5) is 72.0. The van der Waals surface area contributed by atoms with Gasteiger partial charge in [-0.2, -0.15) is 0 Å². The number of hydrogen-bond donors (Lipinski definition) is 3. The van der Waals surface area contributed by atoms with E-state index in [0.717, 1.165) is 120 Å². The van der Waals surface area contributed by atoms with Crippen molar-refractivity contribution >= 4 is 39.5 Å². The van der Waals surface area contributed by atoms with Gasteiger partial charge in [-0.15, -0.1) is 0 Å². The van der Waals surface area contributed by atoms with E-state index in [0.29, 0.717) is 31.6 Å². The third-order valence-corrected chi connectivity index (χ3v) is 16.8. The van der Waals surface area contributed by atoms with Gasteiger partial charge in [-0.05, 0) is 49.4 Å². The Hall–Kier alpha value is -1.94. The largest absolute Gasteiger partial charge is 0.472 e. The highest BCUT2D eigenvalue weighted by Crippen LogP contribution is 2.45. The maximum Gasteiger partial charge on any atom is 0.472 e. The first-order chi connectivity index (χ1) is 38.2. The van der Waals surface area contributed by atoms with Crippen molar-refractivity contribution < 1.29 is 80.2 Å². The van der Waals surface area contributed by atoms with Gasteiger partial charge in [-0.25, -0.2) is 9.13 Å². The predicted octanol–water partition coefficient (Wildman–Crippen LogP) is 16.2. The van der Waals surface area contributed by atoms with Gasteiger partial charge in [0, 0.05) is 25.7 Å². The molecule has 0 saturated heterocycles. The van der Waals surface area contributed by atoms with Crippen LogP contribution in [0.2, 0.25) is 0 Å². The Balaban J connectivity index is 5.27. The normalized spacial score (nSPS) is 15.6. The Morgan fingerprint density at radius 1 is 0.350 bits per heavy atom. The lowest BCUT2D eigenvalue weighted by atomic mass is 10.00. The van der Waals surface area contributed by atoms with Crippen LogP contribution in [0.15, 0.2) is 0 Å². The molecule has 0 heterocycles. The van der Waals surface area contributed by atoms with Crippen LogP contribution >= 0.6 is 15.6 Å². The molecule has 0 aromatic rings. The molecular weight excluding hydrogens is 1070 g/mol. The van der Waals surface area contributed by atoms with Crippen LogP contribution in [0.1, 0.15) is 287 Å². The molecule has 0 bridgehead atoms. The number of aliphatic hydroxyl groups excluding tert-OH is 1. The molecule has 474 valence electrons. The van der Waals surface area contributed by atoms with Crippen LogP contribution in [0, 0.1) is 23.7 Å². The fraction of sp³-hybridized carbons (Fsp3) is 0.934. The van der Waals surface area contributed by atoms with Crippen molar-refractivity contribution in [3.05, 3.63) is 0 Å². The average Bonchev–Trinajstić information content (AvgIpc) is 3.42. The number of unbranched alkanes of at least 4 members (excludes halogenated alkanes) is 21. The SMILES string of the molecule is CCC(C)CCCCCCCCC(=O)OC[C@H](COP(=O)(O)OC[C@H](O)COP(=O)(O)OC[C@@H](COC(=O)CCCCCCCCC(C)CC)OC(=O)CCCCCCCCC(C)CC)OC(=O)CCCCCCCCCC(C)C. The van der Waals surface area contributed by atoms with Crippen LogP contribution in [-0.4, -0.2) is 96.7 Å². The molecule has 0 rings (SSSR count). The minimum absolute atomic E-state index is 0.101. The van der Waals surface area contributed by atoms with E-state index in [4.69, 9.17) is 37.0 Å². The van der Waals surface area contributed by atoms with Crippen molar-refractivity contribution in [2.24, 2.45) is 23.7 Å². The third-order valence-electron chi connectivity index (χ3n) is 14.9. The van der Waals surface area contributed by atoms with Crippen LogP contribution in [0.5, 0.6) is 0 Å². The molecule has 0 aliphatic rings. The molecule has 3 N–H and O–H groups in total.